The van der Waals surface area contributed by atoms with Gasteiger partial charge in [0, 0.05) is 23.1 Å². The minimum absolute atomic E-state index is 0.102. The monoisotopic (exact) mass is 423 g/mol. The highest BCUT2D eigenvalue weighted by atomic mass is 16.7. The van der Waals surface area contributed by atoms with Gasteiger partial charge in [-0.3, -0.25) is 0 Å². The molecule has 0 saturated carbocycles. The van der Waals surface area contributed by atoms with E-state index in [0.717, 1.165) is 40.3 Å². The Labute approximate surface area is 185 Å². The molecular weight excluding hydrogens is 402 g/mol. The molecule has 3 heterocycles. The molecule has 4 aromatic rings. The summed E-state index contributed by atoms with van der Waals surface area (Å²) in [6, 6.07) is 23.5. The van der Waals surface area contributed by atoms with Crippen LogP contribution < -0.4 is 23.8 Å². The van der Waals surface area contributed by atoms with Crippen molar-refractivity contribution >= 4 is 16.5 Å². The van der Waals surface area contributed by atoms with Crippen LogP contribution in [-0.4, -0.2) is 13.6 Å². The number of nitrogens with zero attached hydrogens (tertiary/aromatic N) is 1. The van der Waals surface area contributed by atoms with Crippen LogP contribution in [-0.2, 0) is 6.54 Å². The third kappa shape index (κ3) is 2.45. The summed E-state index contributed by atoms with van der Waals surface area (Å²) >= 11 is 0. The van der Waals surface area contributed by atoms with E-state index in [-0.39, 0.29) is 19.6 Å². The number of fused-ring (bicyclic) bond motifs is 8. The zero-order valence-corrected chi connectivity index (χ0v) is 17.6. The number of ether oxygens (including phenoxy) is 4. The highest BCUT2D eigenvalue weighted by Crippen LogP contribution is 2.55. The van der Waals surface area contributed by atoms with Crippen molar-refractivity contribution in [3.8, 4) is 34.1 Å². The summed E-state index contributed by atoms with van der Waals surface area (Å²) in [5, 5.41) is 2.31. The summed E-state index contributed by atoms with van der Waals surface area (Å²) in [5.41, 5.74) is 6.04. The van der Waals surface area contributed by atoms with Crippen molar-refractivity contribution in [2.75, 3.05) is 18.5 Å². The van der Waals surface area contributed by atoms with Gasteiger partial charge in [-0.15, -0.1) is 0 Å². The predicted molar refractivity (Wildman–Crippen MR) is 123 cm³/mol. The first-order valence-electron chi connectivity index (χ1n) is 10.9. The molecule has 32 heavy (non-hydrogen) atoms. The Hall–Kier alpha value is -3.86. The molecule has 0 fully saturated rings. The minimum Gasteiger partial charge on any atom is -0.454 e. The maximum absolute atomic E-state index is 5.94. The molecule has 3 aliphatic heterocycles. The Morgan fingerprint density at radius 2 is 1.53 bits per heavy atom. The highest BCUT2D eigenvalue weighted by Gasteiger charge is 2.35. The van der Waals surface area contributed by atoms with Crippen LogP contribution in [0.2, 0.25) is 0 Å². The fourth-order valence-electron chi connectivity index (χ4n) is 5.21. The summed E-state index contributed by atoms with van der Waals surface area (Å²) in [5.74, 6) is 3.29. The van der Waals surface area contributed by atoms with E-state index in [1.165, 1.54) is 27.9 Å². The molecule has 0 saturated heterocycles. The number of hydrogen-bond donors (Lipinski definition) is 0. The van der Waals surface area contributed by atoms with Gasteiger partial charge in [-0.25, -0.2) is 0 Å². The Morgan fingerprint density at radius 3 is 2.41 bits per heavy atom. The van der Waals surface area contributed by atoms with Gasteiger partial charge < -0.3 is 23.8 Å². The smallest absolute Gasteiger partial charge is 0.231 e. The van der Waals surface area contributed by atoms with Gasteiger partial charge in [-0.05, 0) is 47.7 Å². The van der Waals surface area contributed by atoms with Gasteiger partial charge >= 0.3 is 0 Å². The Kier molecular flexibility index (Phi) is 3.65. The quantitative estimate of drug-likeness (QED) is 0.393. The third-order valence-electron chi connectivity index (χ3n) is 6.72. The van der Waals surface area contributed by atoms with Crippen LogP contribution in [0.5, 0.6) is 23.0 Å². The van der Waals surface area contributed by atoms with E-state index < -0.39 is 0 Å². The van der Waals surface area contributed by atoms with E-state index in [4.69, 9.17) is 18.9 Å². The molecule has 5 heteroatoms. The van der Waals surface area contributed by atoms with E-state index in [2.05, 4.69) is 72.5 Å². The molecule has 0 aliphatic carbocycles. The van der Waals surface area contributed by atoms with Gasteiger partial charge in [0.25, 0.3) is 0 Å². The second-order valence-corrected chi connectivity index (χ2v) is 8.44. The van der Waals surface area contributed by atoms with Crippen molar-refractivity contribution < 1.29 is 18.9 Å². The lowest BCUT2D eigenvalue weighted by atomic mass is 9.85. The van der Waals surface area contributed by atoms with Gasteiger partial charge in [0.2, 0.25) is 13.6 Å². The Bertz CT molecular complexity index is 1380. The van der Waals surface area contributed by atoms with Crippen LogP contribution in [0.4, 0.5) is 5.69 Å². The molecule has 3 aliphatic rings. The number of anilines is 1. The molecule has 7 rings (SSSR count). The molecule has 0 bridgehead atoms. The van der Waals surface area contributed by atoms with Crippen molar-refractivity contribution in [1.82, 2.24) is 0 Å². The Balaban J connectivity index is 1.51. The molecule has 0 N–H and O–H groups in total. The van der Waals surface area contributed by atoms with Crippen LogP contribution in [0.25, 0.3) is 21.9 Å². The summed E-state index contributed by atoms with van der Waals surface area (Å²) in [6.07, 6.45) is 0. The molecule has 1 unspecified atom stereocenters. The van der Waals surface area contributed by atoms with Crippen molar-refractivity contribution in [3.05, 3.63) is 77.9 Å². The lowest BCUT2D eigenvalue weighted by Gasteiger charge is -2.40. The number of rotatable bonds is 2. The fourth-order valence-corrected chi connectivity index (χ4v) is 5.21. The van der Waals surface area contributed by atoms with Crippen LogP contribution >= 0.6 is 0 Å². The van der Waals surface area contributed by atoms with Crippen molar-refractivity contribution in [1.29, 1.82) is 0 Å². The second-order valence-electron chi connectivity index (χ2n) is 8.44. The lowest BCUT2D eigenvalue weighted by Crippen LogP contribution is -2.30. The SMILES string of the molecule is CC1c2c(ccc3c2OCO3)-c2ccc3cc4c(cc3c2N1Cc1ccccc1)OCO4. The average Bonchev–Trinajstić information content (AvgIpc) is 3.49. The molecule has 5 nitrogen and oxygen atoms in total. The maximum atomic E-state index is 5.94. The van der Waals surface area contributed by atoms with E-state index >= 15 is 0 Å². The summed E-state index contributed by atoms with van der Waals surface area (Å²) in [7, 11) is 0. The predicted octanol–water partition coefficient (Wildman–Crippen LogP) is 6.05. The third-order valence-corrected chi connectivity index (χ3v) is 6.72. The molecule has 0 amide bonds. The molecule has 158 valence electrons. The normalized spacial score (nSPS) is 17.4. The first-order valence-corrected chi connectivity index (χ1v) is 10.9. The van der Waals surface area contributed by atoms with E-state index in [9.17, 15) is 0 Å². The molecule has 0 aromatic heterocycles. The Morgan fingerprint density at radius 1 is 0.781 bits per heavy atom. The molecule has 0 spiro atoms. The lowest BCUT2D eigenvalue weighted by molar-refractivity contribution is 0.173. The van der Waals surface area contributed by atoms with Crippen molar-refractivity contribution in [2.24, 2.45) is 0 Å². The average molecular weight is 423 g/mol. The maximum Gasteiger partial charge on any atom is 0.231 e. The molecule has 1 atom stereocenters. The van der Waals surface area contributed by atoms with Crippen LogP contribution in [0.3, 0.4) is 0 Å². The van der Waals surface area contributed by atoms with E-state index in [1.807, 2.05) is 6.07 Å². The zero-order valence-electron chi connectivity index (χ0n) is 17.6. The summed E-state index contributed by atoms with van der Waals surface area (Å²) < 4.78 is 23.0. The number of benzene rings is 4. The summed E-state index contributed by atoms with van der Waals surface area (Å²) in [4.78, 5) is 2.47. The van der Waals surface area contributed by atoms with Crippen molar-refractivity contribution in [2.45, 2.75) is 19.5 Å². The first-order chi connectivity index (χ1) is 15.8. The molecule has 0 radical (unpaired) electrons. The zero-order chi connectivity index (χ0) is 21.2. The van der Waals surface area contributed by atoms with E-state index in [0.29, 0.717) is 0 Å². The van der Waals surface area contributed by atoms with Gasteiger partial charge in [-0.2, -0.15) is 0 Å². The van der Waals surface area contributed by atoms with Crippen LogP contribution in [0.1, 0.15) is 24.1 Å². The van der Waals surface area contributed by atoms with Gasteiger partial charge in [0.05, 0.1) is 11.7 Å². The molecular formula is C27H21NO4. The first kappa shape index (κ1) is 17.8. The van der Waals surface area contributed by atoms with Gasteiger partial charge in [-0.1, -0.05) is 42.5 Å². The topological polar surface area (TPSA) is 40.2 Å². The standard InChI is InChI=1S/C27H21NO4/c1-16-25-19(9-10-22-27(25)32-15-29-22)20-8-7-18-11-23-24(31-14-30-23)12-21(18)26(20)28(16)13-17-5-3-2-4-6-17/h2-12,16H,13-15H2,1H3. The van der Waals surface area contributed by atoms with Crippen LogP contribution in [0, 0.1) is 0 Å². The van der Waals surface area contributed by atoms with Crippen molar-refractivity contribution in [3.63, 3.8) is 0 Å². The largest absolute Gasteiger partial charge is 0.454 e. The van der Waals surface area contributed by atoms with Gasteiger partial charge in [0.1, 0.15) is 0 Å². The fraction of sp³-hybridized carbons (Fsp3) is 0.185. The van der Waals surface area contributed by atoms with Gasteiger partial charge in [0.15, 0.2) is 23.0 Å². The second kappa shape index (κ2) is 6.57. The summed E-state index contributed by atoms with van der Waals surface area (Å²) in [6.45, 7) is 3.57. The number of hydrogen-bond acceptors (Lipinski definition) is 5. The molecule has 4 aromatic carbocycles. The van der Waals surface area contributed by atoms with E-state index in [1.54, 1.807) is 0 Å². The van der Waals surface area contributed by atoms with Crippen LogP contribution in [0.15, 0.2) is 66.7 Å². The highest BCUT2D eigenvalue weighted by molar-refractivity contribution is 6.05. The minimum atomic E-state index is 0.102.